The van der Waals surface area contributed by atoms with Gasteiger partial charge in [0.25, 0.3) is 5.91 Å². The second-order valence-corrected chi connectivity index (χ2v) is 5.95. The minimum absolute atomic E-state index is 0.0743. The highest BCUT2D eigenvalue weighted by atomic mass is 16.2. The Morgan fingerprint density at radius 1 is 1.40 bits per heavy atom. The lowest BCUT2D eigenvalue weighted by molar-refractivity contribution is 0.0681. The van der Waals surface area contributed by atoms with E-state index in [0.29, 0.717) is 18.0 Å². The molecule has 1 aromatic heterocycles. The van der Waals surface area contributed by atoms with Gasteiger partial charge in [0.05, 0.1) is 11.8 Å². The molecule has 5 heteroatoms. The van der Waals surface area contributed by atoms with Crippen LogP contribution in [0.5, 0.6) is 0 Å². The van der Waals surface area contributed by atoms with Crippen molar-refractivity contribution in [2.24, 2.45) is 11.7 Å². The van der Waals surface area contributed by atoms with E-state index in [1.165, 1.54) is 0 Å². The molecule has 1 heterocycles. The van der Waals surface area contributed by atoms with Crippen molar-refractivity contribution in [3.63, 3.8) is 0 Å². The normalized spacial score (nSPS) is 11.4. The summed E-state index contributed by atoms with van der Waals surface area (Å²) in [6.45, 7) is 12.5. The quantitative estimate of drug-likeness (QED) is 0.831. The summed E-state index contributed by atoms with van der Waals surface area (Å²) < 4.78 is 1.87. The zero-order valence-corrected chi connectivity index (χ0v) is 13.4. The van der Waals surface area contributed by atoms with Crippen LogP contribution in [0.4, 0.5) is 0 Å². The summed E-state index contributed by atoms with van der Waals surface area (Å²) in [4.78, 5) is 14.6. The van der Waals surface area contributed by atoms with Gasteiger partial charge in [0.15, 0.2) is 0 Å². The molecule has 0 aliphatic rings. The molecule has 0 atom stereocenters. The second-order valence-electron chi connectivity index (χ2n) is 5.95. The number of rotatable bonds is 7. The van der Waals surface area contributed by atoms with Crippen LogP contribution in [-0.4, -0.2) is 39.7 Å². The zero-order chi connectivity index (χ0) is 15.3. The Morgan fingerprint density at radius 2 is 2.05 bits per heavy atom. The molecule has 20 heavy (non-hydrogen) atoms. The molecule has 114 valence electrons. The number of carbonyl (C=O) groups excluding carboxylic acids is 1. The highest BCUT2D eigenvalue weighted by Gasteiger charge is 2.23. The van der Waals surface area contributed by atoms with Crippen LogP contribution in [0.2, 0.25) is 0 Å². The largest absolute Gasteiger partial charge is 0.336 e. The second kappa shape index (κ2) is 7.43. The SMILES string of the molecule is Cc1c(C(=O)N(CC(C)C)C(C)C)cnn1CCCN. The molecule has 0 saturated heterocycles. The number of nitrogens with two attached hydrogens (primary N) is 1. The van der Waals surface area contributed by atoms with Gasteiger partial charge in [-0.2, -0.15) is 5.10 Å². The first-order chi connectivity index (χ1) is 9.38. The maximum absolute atomic E-state index is 12.7. The smallest absolute Gasteiger partial charge is 0.257 e. The summed E-state index contributed by atoms with van der Waals surface area (Å²) in [5, 5.41) is 4.31. The van der Waals surface area contributed by atoms with E-state index in [1.807, 2.05) is 16.5 Å². The van der Waals surface area contributed by atoms with E-state index in [0.717, 1.165) is 25.2 Å². The summed E-state index contributed by atoms with van der Waals surface area (Å²) in [5.41, 5.74) is 7.15. The van der Waals surface area contributed by atoms with Gasteiger partial charge >= 0.3 is 0 Å². The Hall–Kier alpha value is -1.36. The van der Waals surface area contributed by atoms with E-state index in [2.05, 4.69) is 32.8 Å². The Balaban J connectivity index is 2.92. The van der Waals surface area contributed by atoms with Crippen molar-refractivity contribution in [1.82, 2.24) is 14.7 Å². The molecule has 1 amide bonds. The third kappa shape index (κ3) is 4.07. The van der Waals surface area contributed by atoms with Gasteiger partial charge in [-0.15, -0.1) is 0 Å². The number of hydrogen-bond acceptors (Lipinski definition) is 3. The first-order valence-corrected chi connectivity index (χ1v) is 7.41. The number of carbonyl (C=O) groups is 1. The summed E-state index contributed by atoms with van der Waals surface area (Å²) in [5.74, 6) is 0.527. The minimum Gasteiger partial charge on any atom is -0.336 e. The molecule has 0 unspecified atom stereocenters. The van der Waals surface area contributed by atoms with Crippen LogP contribution in [0.3, 0.4) is 0 Å². The van der Waals surface area contributed by atoms with Gasteiger partial charge in [0.1, 0.15) is 0 Å². The van der Waals surface area contributed by atoms with E-state index in [1.54, 1.807) is 6.20 Å². The third-order valence-corrected chi connectivity index (χ3v) is 3.35. The highest BCUT2D eigenvalue weighted by Crippen LogP contribution is 2.15. The monoisotopic (exact) mass is 280 g/mol. The van der Waals surface area contributed by atoms with E-state index in [4.69, 9.17) is 5.73 Å². The molecule has 1 aromatic rings. The molecule has 2 N–H and O–H groups in total. The molecule has 0 saturated carbocycles. The molecule has 0 fully saturated rings. The summed E-state index contributed by atoms with van der Waals surface area (Å²) in [6, 6.07) is 0.191. The van der Waals surface area contributed by atoms with Crippen molar-refractivity contribution >= 4 is 5.91 Å². The van der Waals surface area contributed by atoms with Crippen molar-refractivity contribution in [1.29, 1.82) is 0 Å². The minimum atomic E-state index is 0.0743. The number of aryl methyl sites for hydroxylation is 1. The Kier molecular flexibility index (Phi) is 6.20. The third-order valence-electron chi connectivity index (χ3n) is 3.35. The standard InChI is InChI=1S/C15H28N4O/c1-11(2)10-18(12(3)4)15(20)14-9-17-19(13(14)5)8-6-7-16/h9,11-12H,6-8,10,16H2,1-5H3. The van der Waals surface area contributed by atoms with Crippen LogP contribution >= 0.6 is 0 Å². The van der Waals surface area contributed by atoms with Crippen molar-refractivity contribution in [2.45, 2.75) is 53.6 Å². The van der Waals surface area contributed by atoms with Crippen LogP contribution < -0.4 is 5.73 Å². The summed E-state index contributed by atoms with van der Waals surface area (Å²) in [7, 11) is 0. The van der Waals surface area contributed by atoms with E-state index in [9.17, 15) is 4.79 Å². The molecule has 0 aliphatic carbocycles. The van der Waals surface area contributed by atoms with E-state index >= 15 is 0 Å². The average molecular weight is 280 g/mol. The number of hydrogen-bond donors (Lipinski definition) is 1. The van der Waals surface area contributed by atoms with Crippen LogP contribution in [0.25, 0.3) is 0 Å². The first kappa shape index (κ1) is 16.7. The van der Waals surface area contributed by atoms with Crippen LogP contribution in [-0.2, 0) is 6.54 Å². The molecular formula is C15H28N4O. The fourth-order valence-electron chi connectivity index (χ4n) is 2.20. The Bertz CT molecular complexity index is 437. The maximum atomic E-state index is 12.7. The molecule has 0 spiro atoms. The fourth-order valence-corrected chi connectivity index (χ4v) is 2.20. The topological polar surface area (TPSA) is 64.2 Å². The van der Waals surface area contributed by atoms with Crippen molar-refractivity contribution in [2.75, 3.05) is 13.1 Å². The van der Waals surface area contributed by atoms with Gasteiger partial charge in [-0.25, -0.2) is 0 Å². The predicted octanol–water partition coefficient (Wildman–Crippen LogP) is 2.05. The molecule has 0 bridgehead atoms. The molecule has 1 rings (SSSR count). The molecule has 0 radical (unpaired) electrons. The van der Waals surface area contributed by atoms with Gasteiger partial charge in [0, 0.05) is 24.8 Å². The molecule has 5 nitrogen and oxygen atoms in total. The van der Waals surface area contributed by atoms with Crippen molar-refractivity contribution in [3.8, 4) is 0 Å². The molecule has 0 aromatic carbocycles. The Labute approximate surface area is 122 Å². The van der Waals surface area contributed by atoms with Crippen molar-refractivity contribution in [3.05, 3.63) is 17.5 Å². The lowest BCUT2D eigenvalue weighted by Crippen LogP contribution is -2.39. The van der Waals surface area contributed by atoms with Gasteiger partial charge in [-0.3, -0.25) is 9.48 Å². The lowest BCUT2D eigenvalue weighted by atomic mass is 10.1. The maximum Gasteiger partial charge on any atom is 0.257 e. The molecule has 0 aliphatic heterocycles. The summed E-state index contributed by atoms with van der Waals surface area (Å²) >= 11 is 0. The first-order valence-electron chi connectivity index (χ1n) is 7.41. The van der Waals surface area contributed by atoms with Gasteiger partial charge in [-0.1, -0.05) is 13.8 Å². The van der Waals surface area contributed by atoms with Crippen LogP contribution in [0.1, 0.15) is 50.2 Å². The number of amides is 1. The number of nitrogens with zero attached hydrogens (tertiary/aromatic N) is 3. The van der Waals surface area contributed by atoms with Gasteiger partial charge in [-0.05, 0) is 39.7 Å². The van der Waals surface area contributed by atoms with E-state index < -0.39 is 0 Å². The van der Waals surface area contributed by atoms with Crippen LogP contribution in [0, 0.1) is 12.8 Å². The fraction of sp³-hybridized carbons (Fsp3) is 0.733. The zero-order valence-electron chi connectivity index (χ0n) is 13.4. The van der Waals surface area contributed by atoms with Gasteiger partial charge < -0.3 is 10.6 Å². The van der Waals surface area contributed by atoms with Crippen molar-refractivity contribution < 1.29 is 4.79 Å². The summed E-state index contributed by atoms with van der Waals surface area (Å²) in [6.07, 6.45) is 2.56. The highest BCUT2D eigenvalue weighted by molar-refractivity contribution is 5.95. The lowest BCUT2D eigenvalue weighted by Gasteiger charge is -2.28. The van der Waals surface area contributed by atoms with E-state index in [-0.39, 0.29) is 11.9 Å². The predicted molar refractivity (Wildman–Crippen MR) is 81.6 cm³/mol. The molecular weight excluding hydrogens is 252 g/mol. The Morgan fingerprint density at radius 3 is 2.55 bits per heavy atom. The van der Waals surface area contributed by atoms with Crippen LogP contribution in [0.15, 0.2) is 6.20 Å². The average Bonchev–Trinajstić information content (AvgIpc) is 2.73. The van der Waals surface area contributed by atoms with Gasteiger partial charge in [0.2, 0.25) is 0 Å². The number of aromatic nitrogens is 2.